The van der Waals surface area contributed by atoms with Gasteiger partial charge in [0, 0.05) is 56.1 Å². The van der Waals surface area contributed by atoms with E-state index in [0.717, 1.165) is 24.3 Å². The Labute approximate surface area is 134 Å². The van der Waals surface area contributed by atoms with Gasteiger partial charge < -0.3 is 0 Å². The lowest BCUT2D eigenvalue weighted by molar-refractivity contribution is 0.161. The molecule has 6 nitrogen and oxygen atoms in total. The van der Waals surface area contributed by atoms with Crippen LogP contribution in [0.1, 0.15) is 41.5 Å². The average Bonchev–Trinajstić information content (AvgIpc) is 3.18. The van der Waals surface area contributed by atoms with Gasteiger partial charge in [-0.25, -0.2) is 9.50 Å². The van der Waals surface area contributed by atoms with Crippen LogP contribution < -0.4 is 0 Å². The van der Waals surface area contributed by atoms with E-state index in [0.29, 0.717) is 12.1 Å². The van der Waals surface area contributed by atoms with Gasteiger partial charge >= 0.3 is 0 Å². The van der Waals surface area contributed by atoms with Crippen LogP contribution in [-0.2, 0) is 20.0 Å². The average molecular weight is 308 g/mol. The molecule has 0 amide bonds. The third kappa shape index (κ3) is 1.88. The maximum atomic E-state index is 4.66. The quantitative estimate of drug-likeness (QED) is 0.727. The Balaban J connectivity index is 1.57. The number of fused-ring (bicyclic) bond motifs is 6. The fraction of sp³-hybridized carbons (Fsp3) is 0.471. The van der Waals surface area contributed by atoms with Crippen molar-refractivity contribution >= 4 is 5.65 Å². The van der Waals surface area contributed by atoms with Gasteiger partial charge in [-0.15, -0.1) is 0 Å². The van der Waals surface area contributed by atoms with Gasteiger partial charge in [0.15, 0.2) is 5.65 Å². The van der Waals surface area contributed by atoms with Crippen molar-refractivity contribution in [1.82, 2.24) is 29.3 Å². The molecule has 0 aliphatic carbocycles. The molecule has 2 aliphatic heterocycles. The molecule has 1 saturated heterocycles. The first kappa shape index (κ1) is 13.2. The van der Waals surface area contributed by atoms with Gasteiger partial charge in [0.1, 0.15) is 0 Å². The van der Waals surface area contributed by atoms with Crippen LogP contribution in [0.2, 0.25) is 0 Å². The van der Waals surface area contributed by atoms with E-state index in [1.165, 1.54) is 29.8 Å². The van der Waals surface area contributed by atoms with E-state index in [1.807, 2.05) is 24.9 Å². The fourth-order valence-corrected chi connectivity index (χ4v) is 4.29. The molecular formula is C17H20N6. The van der Waals surface area contributed by atoms with Crippen LogP contribution in [0.3, 0.4) is 0 Å². The third-order valence-electron chi connectivity index (χ3n) is 5.44. The third-order valence-corrected chi connectivity index (χ3v) is 5.44. The minimum atomic E-state index is 0.458. The summed E-state index contributed by atoms with van der Waals surface area (Å²) in [5.41, 5.74) is 6.00. The van der Waals surface area contributed by atoms with Crippen LogP contribution >= 0.6 is 0 Å². The smallest absolute Gasteiger partial charge is 0.155 e. The van der Waals surface area contributed by atoms with Crippen molar-refractivity contribution in [3.05, 3.63) is 47.2 Å². The summed E-state index contributed by atoms with van der Waals surface area (Å²) in [7, 11) is 2.02. The van der Waals surface area contributed by atoms with E-state index in [2.05, 4.69) is 42.9 Å². The summed E-state index contributed by atoms with van der Waals surface area (Å²) in [4.78, 5) is 7.27. The molecule has 2 bridgehead atoms. The highest BCUT2D eigenvalue weighted by Crippen LogP contribution is 2.44. The first-order chi connectivity index (χ1) is 11.2. The van der Waals surface area contributed by atoms with Crippen molar-refractivity contribution in [3.8, 4) is 0 Å². The van der Waals surface area contributed by atoms with Crippen LogP contribution in [0.15, 0.2) is 24.5 Å². The van der Waals surface area contributed by atoms with Gasteiger partial charge in [0.2, 0.25) is 0 Å². The molecule has 0 aromatic carbocycles. The van der Waals surface area contributed by atoms with Crippen molar-refractivity contribution in [3.63, 3.8) is 0 Å². The van der Waals surface area contributed by atoms with E-state index in [4.69, 9.17) is 0 Å². The Morgan fingerprint density at radius 1 is 1.30 bits per heavy atom. The van der Waals surface area contributed by atoms with Crippen molar-refractivity contribution in [2.75, 3.05) is 0 Å². The molecule has 1 fully saturated rings. The first-order valence-electron chi connectivity index (χ1n) is 8.27. The van der Waals surface area contributed by atoms with Gasteiger partial charge in [-0.3, -0.25) is 9.58 Å². The van der Waals surface area contributed by atoms with Gasteiger partial charge in [0.05, 0.1) is 17.1 Å². The zero-order valence-electron chi connectivity index (χ0n) is 13.5. The second-order valence-corrected chi connectivity index (χ2v) is 6.79. The zero-order valence-corrected chi connectivity index (χ0v) is 13.5. The van der Waals surface area contributed by atoms with Gasteiger partial charge in [-0.05, 0) is 25.8 Å². The number of hydrogen-bond donors (Lipinski definition) is 0. The summed E-state index contributed by atoms with van der Waals surface area (Å²) in [6.45, 7) is 2.99. The topological polar surface area (TPSA) is 51.2 Å². The molecule has 2 aliphatic rings. The molecule has 0 saturated carbocycles. The van der Waals surface area contributed by atoms with E-state index in [9.17, 15) is 0 Å². The normalized spacial score (nSPS) is 23.6. The van der Waals surface area contributed by atoms with Crippen molar-refractivity contribution in [2.24, 2.45) is 7.05 Å². The van der Waals surface area contributed by atoms with Crippen molar-refractivity contribution in [2.45, 2.75) is 44.8 Å². The van der Waals surface area contributed by atoms with Crippen molar-refractivity contribution < 1.29 is 0 Å². The Morgan fingerprint density at radius 2 is 2.22 bits per heavy atom. The highest BCUT2D eigenvalue weighted by Gasteiger charge is 2.41. The zero-order chi connectivity index (χ0) is 15.6. The largest absolute Gasteiger partial charge is 0.287 e. The molecule has 0 N–H and O–H groups in total. The molecule has 23 heavy (non-hydrogen) atoms. The van der Waals surface area contributed by atoms with Crippen LogP contribution in [0, 0.1) is 6.92 Å². The summed E-state index contributed by atoms with van der Waals surface area (Å²) < 4.78 is 4.05. The monoisotopic (exact) mass is 308 g/mol. The van der Waals surface area contributed by atoms with Crippen LogP contribution in [0.25, 0.3) is 5.65 Å². The van der Waals surface area contributed by atoms with Crippen LogP contribution in [-0.4, -0.2) is 35.3 Å². The maximum Gasteiger partial charge on any atom is 0.155 e. The number of hydrogen-bond acceptors (Lipinski definition) is 4. The maximum absolute atomic E-state index is 4.66. The Hall–Kier alpha value is -2.21. The highest BCUT2D eigenvalue weighted by molar-refractivity contribution is 5.44. The molecule has 2 atom stereocenters. The lowest BCUT2D eigenvalue weighted by Crippen LogP contribution is -2.38. The van der Waals surface area contributed by atoms with Gasteiger partial charge in [-0.1, -0.05) is 0 Å². The predicted octanol–water partition coefficient (Wildman–Crippen LogP) is 2.03. The Bertz CT molecular complexity index is 892. The molecule has 5 rings (SSSR count). The predicted molar refractivity (Wildman–Crippen MR) is 85.9 cm³/mol. The Kier molecular flexibility index (Phi) is 2.68. The minimum Gasteiger partial charge on any atom is -0.287 e. The van der Waals surface area contributed by atoms with Gasteiger partial charge in [0.25, 0.3) is 0 Å². The minimum absolute atomic E-state index is 0.458. The number of aryl methyl sites for hydroxylation is 2. The summed E-state index contributed by atoms with van der Waals surface area (Å²) >= 11 is 0. The molecule has 3 aromatic rings. The molecule has 3 aromatic heterocycles. The standard InChI is InChI=1S/C17H20N6/c1-11-7-17-18-9-14-15-4-3-12(8-16(14)23(17)20-11)22(15)10-13-5-6-19-21(13)2/h5-7,9,12,15H,3-4,8,10H2,1-2H3/t12-,15+/m1/s1. The van der Waals surface area contributed by atoms with E-state index in [-0.39, 0.29) is 0 Å². The lowest BCUT2D eigenvalue weighted by Gasteiger charge is -2.36. The number of aromatic nitrogens is 5. The summed E-state index contributed by atoms with van der Waals surface area (Å²) in [6, 6.07) is 5.23. The highest BCUT2D eigenvalue weighted by atomic mass is 15.3. The molecular weight excluding hydrogens is 288 g/mol. The summed E-state index contributed by atoms with van der Waals surface area (Å²) in [6.07, 6.45) is 7.48. The molecule has 0 radical (unpaired) electrons. The molecule has 118 valence electrons. The molecule has 6 heteroatoms. The first-order valence-corrected chi connectivity index (χ1v) is 8.27. The second-order valence-electron chi connectivity index (χ2n) is 6.79. The van der Waals surface area contributed by atoms with E-state index in [1.54, 1.807) is 0 Å². The van der Waals surface area contributed by atoms with Crippen LogP contribution in [0.5, 0.6) is 0 Å². The number of nitrogens with zero attached hydrogens (tertiary/aromatic N) is 6. The van der Waals surface area contributed by atoms with Crippen molar-refractivity contribution in [1.29, 1.82) is 0 Å². The van der Waals surface area contributed by atoms with E-state index >= 15 is 0 Å². The summed E-state index contributed by atoms with van der Waals surface area (Å²) in [5, 5.41) is 8.96. The van der Waals surface area contributed by atoms with Gasteiger partial charge in [-0.2, -0.15) is 10.2 Å². The number of rotatable bonds is 2. The second kappa shape index (κ2) is 4.64. The van der Waals surface area contributed by atoms with E-state index < -0.39 is 0 Å². The lowest BCUT2D eigenvalue weighted by atomic mass is 9.99. The SMILES string of the molecule is Cc1cc2ncc3c(n2n1)C[C@H]1CC[C@@H]3N1Cc1ccnn1C. The summed E-state index contributed by atoms with van der Waals surface area (Å²) in [5.74, 6) is 0. The molecule has 5 heterocycles. The Morgan fingerprint density at radius 3 is 3.04 bits per heavy atom. The molecule has 0 unspecified atom stereocenters. The molecule has 0 spiro atoms. The van der Waals surface area contributed by atoms with Crippen LogP contribution in [0.4, 0.5) is 0 Å². The fourth-order valence-electron chi connectivity index (χ4n) is 4.29.